The fourth-order valence-electron chi connectivity index (χ4n) is 3.17. The molecule has 1 aliphatic rings. The molecule has 0 spiro atoms. The smallest absolute Gasteiger partial charge is 0.345 e. The van der Waals surface area contributed by atoms with E-state index in [9.17, 15) is 35.2 Å². The lowest BCUT2D eigenvalue weighted by Gasteiger charge is -2.56. The molecule has 0 radical (unpaired) electrons. The van der Waals surface area contributed by atoms with Crippen molar-refractivity contribution in [3.63, 3.8) is 0 Å². The van der Waals surface area contributed by atoms with Crippen molar-refractivity contribution >= 4 is 17.6 Å². The lowest BCUT2D eigenvalue weighted by Crippen LogP contribution is -2.80. The molecule has 27 heavy (non-hydrogen) atoms. The van der Waals surface area contributed by atoms with Gasteiger partial charge in [-0.3, -0.25) is 4.90 Å². The number of amides is 2. The first-order valence-electron chi connectivity index (χ1n) is 8.76. The number of likely N-dealkylation sites (N-methyl/N-ethyl adjacent to an activating group) is 1. The van der Waals surface area contributed by atoms with Crippen molar-refractivity contribution in [1.82, 2.24) is 9.91 Å². The third kappa shape index (κ3) is 4.34. The molecule has 0 aromatic rings. The molecule has 12 heteroatoms. The maximum Gasteiger partial charge on any atom is 0.345 e. The van der Waals surface area contributed by atoms with Gasteiger partial charge in [0.1, 0.15) is 18.3 Å². The molecule has 1 saturated heterocycles. The molecule has 5 N–H and O–H groups in total. The Balaban J connectivity index is 3.42. The van der Waals surface area contributed by atoms with Gasteiger partial charge in [-0.2, -0.15) is 5.01 Å². The molecule has 1 fully saturated rings. The molecule has 158 valence electrons. The second kappa shape index (κ2) is 9.92. The lowest BCUT2D eigenvalue weighted by atomic mass is 9.82. The predicted molar refractivity (Wildman–Crippen MR) is 94.4 cm³/mol. The van der Waals surface area contributed by atoms with Gasteiger partial charge in [0, 0.05) is 18.8 Å². The van der Waals surface area contributed by atoms with Crippen molar-refractivity contribution in [3.8, 4) is 0 Å². The van der Waals surface area contributed by atoms with Gasteiger partial charge in [-0.15, -0.1) is 16.5 Å². The van der Waals surface area contributed by atoms with Crippen LogP contribution in [0.3, 0.4) is 0 Å². The predicted octanol–water partition coefficient (Wildman–Crippen LogP) is -0.669. The van der Waals surface area contributed by atoms with E-state index in [1.807, 2.05) is 0 Å². The van der Waals surface area contributed by atoms with Crippen LogP contribution in [0.4, 0.5) is 4.79 Å². The minimum absolute atomic E-state index is 0.123. The van der Waals surface area contributed by atoms with E-state index in [0.717, 1.165) is 0 Å². The van der Waals surface area contributed by atoms with E-state index >= 15 is 0 Å². The Bertz CT molecular complexity index is 515. The van der Waals surface area contributed by atoms with Gasteiger partial charge >= 0.3 is 6.03 Å². The van der Waals surface area contributed by atoms with Gasteiger partial charge in [-0.25, -0.2) is 4.79 Å². The molecule has 0 aliphatic carbocycles. The molecule has 0 unspecified atom stereocenters. The number of nitroso groups, excluding NO2 is 1. The van der Waals surface area contributed by atoms with Crippen molar-refractivity contribution in [2.75, 3.05) is 25.6 Å². The Morgan fingerprint density at radius 1 is 1.30 bits per heavy atom. The standard InChI is InChI=1S/C15H28ClN3O8/c1-3-5-6-14(24)15(25,12(22)11(21)10(9-20)27-14)18(4-2)13(23)19(17-26)8-7-16/h10-12,20-22,24-25H,3-9H2,1-2H3/t10-,11-,12+,14+,15-/m1/s1. The van der Waals surface area contributed by atoms with Gasteiger partial charge in [-0.05, 0) is 13.3 Å². The van der Waals surface area contributed by atoms with E-state index in [1.165, 1.54) is 6.92 Å². The van der Waals surface area contributed by atoms with Gasteiger partial charge in [0.15, 0.2) is 0 Å². The average molecular weight is 414 g/mol. The number of hydrogen-bond donors (Lipinski definition) is 5. The molecule has 0 aromatic carbocycles. The molecule has 2 amide bonds. The Labute approximate surface area is 162 Å². The maximum atomic E-state index is 12.7. The Morgan fingerprint density at radius 3 is 2.37 bits per heavy atom. The van der Waals surface area contributed by atoms with Crippen LogP contribution in [0.1, 0.15) is 33.1 Å². The summed E-state index contributed by atoms with van der Waals surface area (Å²) in [7, 11) is 0. The highest BCUT2D eigenvalue weighted by molar-refractivity contribution is 6.18. The van der Waals surface area contributed by atoms with Crippen LogP contribution in [0.25, 0.3) is 0 Å². The number of aliphatic hydroxyl groups excluding tert-OH is 3. The number of rotatable bonds is 9. The quantitative estimate of drug-likeness (QED) is 0.144. The van der Waals surface area contributed by atoms with Gasteiger partial charge in [0.05, 0.1) is 18.4 Å². The van der Waals surface area contributed by atoms with Crippen LogP contribution < -0.4 is 0 Å². The summed E-state index contributed by atoms with van der Waals surface area (Å²) in [4.78, 5) is 24.3. The second-order valence-corrected chi connectivity index (χ2v) is 6.69. The first-order chi connectivity index (χ1) is 12.7. The molecular weight excluding hydrogens is 386 g/mol. The molecule has 0 bridgehead atoms. The van der Waals surface area contributed by atoms with Gasteiger partial charge in [0.25, 0.3) is 0 Å². The van der Waals surface area contributed by atoms with Crippen LogP contribution in [0.2, 0.25) is 0 Å². The van der Waals surface area contributed by atoms with Crippen LogP contribution in [0.15, 0.2) is 5.29 Å². The molecule has 1 aliphatic heterocycles. The van der Waals surface area contributed by atoms with Gasteiger partial charge in [-0.1, -0.05) is 13.3 Å². The van der Waals surface area contributed by atoms with Crippen LogP contribution in [-0.4, -0.2) is 96.9 Å². The number of aliphatic hydroxyl groups is 5. The number of hydrogen-bond acceptors (Lipinski definition) is 9. The summed E-state index contributed by atoms with van der Waals surface area (Å²) >= 11 is 5.54. The highest BCUT2D eigenvalue weighted by Gasteiger charge is 2.67. The second-order valence-electron chi connectivity index (χ2n) is 6.31. The van der Waals surface area contributed by atoms with Crippen LogP contribution in [0.5, 0.6) is 0 Å². The third-order valence-corrected chi connectivity index (χ3v) is 4.83. The number of carbonyl (C=O) groups is 1. The fraction of sp³-hybridized carbons (Fsp3) is 0.933. The van der Waals surface area contributed by atoms with E-state index in [1.54, 1.807) is 6.92 Å². The van der Waals surface area contributed by atoms with Crippen molar-refractivity contribution in [2.24, 2.45) is 5.29 Å². The summed E-state index contributed by atoms with van der Waals surface area (Å²) in [5.74, 6) is -2.64. The number of halogens is 1. The summed E-state index contributed by atoms with van der Waals surface area (Å²) in [6, 6.07) is -1.14. The fourth-order valence-corrected chi connectivity index (χ4v) is 3.33. The number of ether oxygens (including phenoxy) is 1. The van der Waals surface area contributed by atoms with E-state index in [2.05, 4.69) is 5.29 Å². The summed E-state index contributed by atoms with van der Waals surface area (Å²) in [5, 5.41) is 55.4. The Kier molecular flexibility index (Phi) is 8.80. The highest BCUT2D eigenvalue weighted by Crippen LogP contribution is 2.42. The summed E-state index contributed by atoms with van der Waals surface area (Å²) < 4.78 is 5.33. The zero-order valence-corrected chi connectivity index (χ0v) is 16.1. The molecule has 11 nitrogen and oxygen atoms in total. The zero-order chi connectivity index (χ0) is 20.8. The van der Waals surface area contributed by atoms with Crippen molar-refractivity contribution in [2.45, 2.75) is 62.9 Å². The maximum absolute atomic E-state index is 12.7. The van der Waals surface area contributed by atoms with Crippen LogP contribution in [0, 0.1) is 4.91 Å². The molecule has 0 saturated carbocycles. The minimum Gasteiger partial charge on any atom is -0.394 e. The minimum atomic E-state index is -2.81. The van der Waals surface area contributed by atoms with Gasteiger partial charge in [0.2, 0.25) is 11.5 Å². The number of nitrogens with zero attached hydrogens (tertiary/aromatic N) is 3. The summed E-state index contributed by atoms with van der Waals surface area (Å²) in [5.41, 5.74) is -2.81. The first-order valence-corrected chi connectivity index (χ1v) is 9.29. The molecule has 1 heterocycles. The SMILES string of the molecule is CCCC[C@]1(O)O[C@H](CO)[C@@H](O)[C@H](O)[C@]1(O)N(CC)C(=O)N(CCCl)N=O. The molecule has 0 aromatic heterocycles. The summed E-state index contributed by atoms with van der Waals surface area (Å²) in [6.07, 6.45) is -4.60. The zero-order valence-electron chi connectivity index (χ0n) is 15.4. The lowest BCUT2D eigenvalue weighted by molar-refractivity contribution is -0.419. The normalized spacial score (nSPS) is 33.6. The van der Waals surface area contributed by atoms with Crippen LogP contribution in [-0.2, 0) is 4.74 Å². The Hall–Kier alpha value is -1.08. The molecular formula is C15H28ClN3O8. The van der Waals surface area contributed by atoms with E-state index in [0.29, 0.717) is 22.8 Å². The number of carbonyl (C=O) groups excluding carboxylic acids is 1. The summed E-state index contributed by atoms with van der Waals surface area (Å²) in [6.45, 7) is 1.95. The van der Waals surface area contributed by atoms with Crippen molar-refractivity contribution in [3.05, 3.63) is 4.91 Å². The van der Waals surface area contributed by atoms with E-state index < -0.39 is 42.5 Å². The van der Waals surface area contributed by atoms with Crippen molar-refractivity contribution < 1.29 is 35.1 Å². The number of unbranched alkanes of at least 4 members (excludes halogenated alkanes) is 1. The first kappa shape index (κ1) is 24.0. The van der Waals surface area contributed by atoms with E-state index in [4.69, 9.17) is 16.3 Å². The average Bonchev–Trinajstić information content (AvgIpc) is 2.66. The monoisotopic (exact) mass is 413 g/mol. The topological polar surface area (TPSA) is 163 Å². The largest absolute Gasteiger partial charge is 0.394 e. The highest BCUT2D eigenvalue weighted by atomic mass is 35.5. The number of urea groups is 1. The van der Waals surface area contributed by atoms with Gasteiger partial charge < -0.3 is 30.3 Å². The Morgan fingerprint density at radius 2 is 1.93 bits per heavy atom. The van der Waals surface area contributed by atoms with Crippen LogP contribution >= 0.6 is 11.6 Å². The van der Waals surface area contributed by atoms with E-state index in [-0.39, 0.29) is 25.4 Å². The van der Waals surface area contributed by atoms with Crippen molar-refractivity contribution in [1.29, 1.82) is 0 Å². The number of alkyl halides is 1. The molecule has 5 atom stereocenters. The molecule has 1 rings (SSSR count). The third-order valence-electron chi connectivity index (χ3n) is 4.66.